The van der Waals surface area contributed by atoms with Gasteiger partial charge in [0, 0.05) is 24.3 Å². The van der Waals surface area contributed by atoms with E-state index in [0.29, 0.717) is 24.2 Å². The van der Waals surface area contributed by atoms with Gasteiger partial charge in [0.1, 0.15) is 11.7 Å². The SMILES string of the molecule is CC(c1ccccc1)C1C2=C(CC(C)(C)CC2=O)OC(=N)C1C#N. The molecule has 0 bridgehead atoms. The Morgan fingerprint density at radius 2 is 1.96 bits per heavy atom. The molecule has 0 radical (unpaired) electrons. The van der Waals surface area contributed by atoms with Gasteiger partial charge in [-0.05, 0) is 16.9 Å². The quantitative estimate of drug-likeness (QED) is 0.887. The van der Waals surface area contributed by atoms with Crippen LogP contribution in [0, 0.1) is 34.0 Å². The first-order valence-corrected chi connectivity index (χ1v) is 8.31. The maximum Gasteiger partial charge on any atom is 0.204 e. The van der Waals surface area contributed by atoms with Gasteiger partial charge in [-0.1, -0.05) is 51.1 Å². The maximum absolute atomic E-state index is 12.8. The Bertz CT molecular complexity index is 756. The van der Waals surface area contributed by atoms with E-state index in [1.165, 1.54) is 0 Å². The summed E-state index contributed by atoms with van der Waals surface area (Å²) in [6, 6.07) is 12.1. The highest BCUT2D eigenvalue weighted by Crippen LogP contribution is 2.48. The third-order valence-electron chi connectivity index (χ3n) is 5.09. The molecule has 0 fully saturated rings. The average molecular weight is 322 g/mol. The number of allylic oxidation sites excluding steroid dienone is 2. The van der Waals surface area contributed by atoms with Gasteiger partial charge in [-0.3, -0.25) is 10.2 Å². The van der Waals surface area contributed by atoms with E-state index in [2.05, 4.69) is 6.07 Å². The average Bonchev–Trinajstić information content (AvgIpc) is 2.52. The predicted molar refractivity (Wildman–Crippen MR) is 91.3 cm³/mol. The first-order valence-electron chi connectivity index (χ1n) is 8.31. The molecule has 1 aromatic carbocycles. The number of nitrogens with one attached hydrogen (secondary N) is 1. The molecular formula is C20H22N2O2. The van der Waals surface area contributed by atoms with Gasteiger partial charge in [0.15, 0.2) is 5.78 Å². The number of ketones is 1. The van der Waals surface area contributed by atoms with Crippen LogP contribution in [0.5, 0.6) is 0 Å². The molecule has 2 aliphatic rings. The molecule has 1 heterocycles. The van der Waals surface area contributed by atoms with E-state index in [1.54, 1.807) is 0 Å². The lowest BCUT2D eigenvalue weighted by molar-refractivity contribution is -0.119. The fourth-order valence-corrected chi connectivity index (χ4v) is 3.91. The summed E-state index contributed by atoms with van der Waals surface area (Å²) in [5, 5.41) is 17.8. The van der Waals surface area contributed by atoms with Crippen molar-refractivity contribution in [2.24, 2.45) is 17.3 Å². The van der Waals surface area contributed by atoms with E-state index in [-0.39, 0.29) is 28.9 Å². The number of nitriles is 1. The van der Waals surface area contributed by atoms with Crippen molar-refractivity contribution in [1.82, 2.24) is 0 Å². The van der Waals surface area contributed by atoms with E-state index >= 15 is 0 Å². The predicted octanol–water partition coefficient (Wildman–Crippen LogP) is 4.20. The fourth-order valence-electron chi connectivity index (χ4n) is 3.91. The van der Waals surface area contributed by atoms with Crippen molar-refractivity contribution < 1.29 is 9.53 Å². The Morgan fingerprint density at radius 3 is 2.58 bits per heavy atom. The molecule has 3 rings (SSSR count). The zero-order valence-electron chi connectivity index (χ0n) is 14.3. The summed E-state index contributed by atoms with van der Waals surface area (Å²) in [6.07, 6.45) is 1.09. The van der Waals surface area contributed by atoms with Crippen LogP contribution in [0.2, 0.25) is 0 Å². The van der Waals surface area contributed by atoms with Crippen molar-refractivity contribution in [1.29, 1.82) is 10.7 Å². The molecular weight excluding hydrogens is 300 g/mol. The standard InChI is InChI=1S/C20H22N2O2/c1-12(13-7-5-4-6-8-13)17-14(11-21)19(22)24-16-10-20(2,3)9-15(23)18(16)17/h4-8,12,14,17,22H,9-10H2,1-3H3. The van der Waals surface area contributed by atoms with Gasteiger partial charge < -0.3 is 4.74 Å². The van der Waals surface area contributed by atoms with Crippen LogP contribution in [-0.2, 0) is 9.53 Å². The van der Waals surface area contributed by atoms with Crippen molar-refractivity contribution in [3.63, 3.8) is 0 Å². The third kappa shape index (κ3) is 2.75. The Hall–Kier alpha value is -2.41. The van der Waals surface area contributed by atoms with Crippen LogP contribution in [0.4, 0.5) is 0 Å². The lowest BCUT2D eigenvalue weighted by atomic mass is 9.66. The molecule has 0 saturated carbocycles. The molecule has 1 N–H and O–H groups in total. The smallest absolute Gasteiger partial charge is 0.204 e. The Balaban J connectivity index is 2.11. The molecule has 0 aromatic heterocycles. The second-order valence-electron chi connectivity index (χ2n) is 7.58. The largest absolute Gasteiger partial charge is 0.446 e. The molecule has 4 nitrogen and oxygen atoms in total. The zero-order valence-corrected chi connectivity index (χ0v) is 14.3. The summed E-state index contributed by atoms with van der Waals surface area (Å²) < 4.78 is 5.64. The minimum atomic E-state index is -0.718. The van der Waals surface area contributed by atoms with E-state index in [1.807, 2.05) is 51.1 Å². The summed E-state index contributed by atoms with van der Waals surface area (Å²) in [4.78, 5) is 12.8. The molecule has 4 heteroatoms. The molecule has 124 valence electrons. The van der Waals surface area contributed by atoms with Crippen molar-refractivity contribution in [2.75, 3.05) is 0 Å². The number of Topliss-reactive ketones (excluding diaryl/α,β-unsaturated/α-hetero) is 1. The van der Waals surface area contributed by atoms with Crippen LogP contribution < -0.4 is 0 Å². The third-order valence-corrected chi connectivity index (χ3v) is 5.09. The van der Waals surface area contributed by atoms with Crippen molar-refractivity contribution >= 4 is 11.7 Å². The molecule has 3 atom stereocenters. The van der Waals surface area contributed by atoms with Crippen LogP contribution in [0.1, 0.15) is 45.1 Å². The van der Waals surface area contributed by atoms with Gasteiger partial charge in [-0.25, -0.2) is 0 Å². The monoisotopic (exact) mass is 322 g/mol. The van der Waals surface area contributed by atoms with E-state index in [9.17, 15) is 10.1 Å². The van der Waals surface area contributed by atoms with Gasteiger partial charge in [0.25, 0.3) is 0 Å². The van der Waals surface area contributed by atoms with Gasteiger partial charge in [-0.2, -0.15) is 5.26 Å². The van der Waals surface area contributed by atoms with Crippen LogP contribution in [0.15, 0.2) is 41.7 Å². The highest BCUT2D eigenvalue weighted by Gasteiger charge is 2.47. The molecule has 24 heavy (non-hydrogen) atoms. The van der Waals surface area contributed by atoms with Crippen LogP contribution in [0.25, 0.3) is 0 Å². The van der Waals surface area contributed by atoms with Crippen LogP contribution >= 0.6 is 0 Å². The van der Waals surface area contributed by atoms with E-state index < -0.39 is 5.92 Å². The molecule has 1 aliphatic carbocycles. The summed E-state index contributed by atoms with van der Waals surface area (Å²) in [5.74, 6) is -0.450. The Morgan fingerprint density at radius 1 is 1.29 bits per heavy atom. The van der Waals surface area contributed by atoms with Crippen LogP contribution in [0.3, 0.4) is 0 Å². The number of carbonyl (C=O) groups excluding carboxylic acids is 1. The first kappa shape index (κ1) is 16.4. The lowest BCUT2D eigenvalue weighted by Gasteiger charge is -2.41. The normalized spacial score (nSPS) is 27.1. The second-order valence-corrected chi connectivity index (χ2v) is 7.58. The molecule has 0 saturated heterocycles. The highest BCUT2D eigenvalue weighted by molar-refractivity contribution is 6.00. The number of ether oxygens (including phenoxy) is 1. The number of hydrogen-bond acceptors (Lipinski definition) is 4. The molecule has 0 spiro atoms. The lowest BCUT2D eigenvalue weighted by Crippen LogP contribution is -2.41. The maximum atomic E-state index is 12.8. The highest BCUT2D eigenvalue weighted by atomic mass is 16.5. The number of rotatable bonds is 2. The first-order chi connectivity index (χ1) is 11.3. The van der Waals surface area contributed by atoms with Gasteiger partial charge in [0.2, 0.25) is 5.90 Å². The summed E-state index contributed by atoms with van der Waals surface area (Å²) in [5.41, 5.74) is 1.53. The van der Waals surface area contributed by atoms with Gasteiger partial charge >= 0.3 is 0 Å². The zero-order chi connectivity index (χ0) is 17.5. The van der Waals surface area contributed by atoms with Crippen molar-refractivity contribution in [3.05, 3.63) is 47.2 Å². The van der Waals surface area contributed by atoms with Gasteiger partial charge in [0.05, 0.1) is 6.07 Å². The molecule has 0 amide bonds. The number of hydrogen-bond donors (Lipinski definition) is 1. The number of nitrogens with zero attached hydrogens (tertiary/aromatic N) is 1. The van der Waals surface area contributed by atoms with Gasteiger partial charge in [-0.15, -0.1) is 0 Å². The Labute approximate surface area is 142 Å². The second kappa shape index (κ2) is 5.90. The minimum Gasteiger partial charge on any atom is -0.446 e. The summed E-state index contributed by atoms with van der Waals surface area (Å²) in [6.45, 7) is 6.10. The van der Waals surface area contributed by atoms with E-state index in [0.717, 1.165) is 5.56 Å². The van der Waals surface area contributed by atoms with E-state index in [4.69, 9.17) is 10.1 Å². The van der Waals surface area contributed by atoms with Crippen LogP contribution in [-0.4, -0.2) is 11.7 Å². The number of benzene rings is 1. The minimum absolute atomic E-state index is 0.0322. The number of carbonyl (C=O) groups is 1. The van der Waals surface area contributed by atoms with Crippen molar-refractivity contribution in [2.45, 2.75) is 39.5 Å². The Kier molecular flexibility index (Phi) is 4.04. The summed E-state index contributed by atoms with van der Waals surface area (Å²) in [7, 11) is 0. The molecule has 3 unspecified atom stereocenters. The summed E-state index contributed by atoms with van der Waals surface area (Å²) >= 11 is 0. The fraction of sp³-hybridized carbons (Fsp3) is 0.450. The topological polar surface area (TPSA) is 73.9 Å². The van der Waals surface area contributed by atoms with Crippen molar-refractivity contribution in [3.8, 4) is 6.07 Å². The molecule has 1 aromatic rings. The molecule has 1 aliphatic heterocycles.